The number of aryl methyl sites for hydroxylation is 1. The van der Waals surface area contributed by atoms with Gasteiger partial charge in [0, 0.05) is 31.1 Å². The zero-order valence-corrected chi connectivity index (χ0v) is 11.2. The smallest absolute Gasteiger partial charge is 0.139 e. The summed E-state index contributed by atoms with van der Waals surface area (Å²) in [6.45, 7) is 2.88. The van der Waals surface area contributed by atoms with Crippen molar-refractivity contribution in [3.63, 3.8) is 0 Å². The summed E-state index contributed by atoms with van der Waals surface area (Å²) in [6, 6.07) is 0. The number of Topliss-reactive ketones (excluding diaryl/α,β-unsaturated/α-hetero) is 1. The molecular weight excluding hydrogens is 226 g/mol. The molecule has 0 bridgehead atoms. The highest BCUT2D eigenvalue weighted by atomic mass is 16.1. The Morgan fingerprint density at radius 3 is 2.78 bits per heavy atom. The number of nitrogens with zero attached hydrogens (tertiary/aromatic N) is 2. The van der Waals surface area contributed by atoms with E-state index in [1.54, 1.807) is 6.20 Å². The van der Waals surface area contributed by atoms with Crippen LogP contribution in [-0.4, -0.2) is 21.1 Å². The molecule has 0 spiro atoms. The lowest BCUT2D eigenvalue weighted by molar-refractivity contribution is -0.119. The van der Waals surface area contributed by atoms with Crippen LogP contribution in [0.2, 0.25) is 0 Å². The summed E-state index contributed by atoms with van der Waals surface area (Å²) in [4.78, 5) is 12.1. The molecule has 0 radical (unpaired) electrons. The van der Waals surface area contributed by atoms with Gasteiger partial charge in [-0.15, -0.1) is 0 Å². The van der Waals surface area contributed by atoms with Crippen LogP contribution in [0.25, 0.3) is 0 Å². The minimum atomic E-state index is -0.240. The van der Waals surface area contributed by atoms with E-state index in [0.717, 1.165) is 37.8 Å². The van der Waals surface area contributed by atoms with Gasteiger partial charge in [0.05, 0.1) is 6.20 Å². The van der Waals surface area contributed by atoms with E-state index >= 15 is 0 Å². The fourth-order valence-corrected chi connectivity index (χ4v) is 2.79. The number of hydrogen-bond donors (Lipinski definition) is 1. The van der Waals surface area contributed by atoms with E-state index in [-0.39, 0.29) is 11.3 Å². The van der Waals surface area contributed by atoms with Gasteiger partial charge in [-0.1, -0.05) is 19.3 Å². The molecule has 0 unspecified atom stereocenters. The van der Waals surface area contributed by atoms with Gasteiger partial charge in [0.25, 0.3) is 0 Å². The molecule has 0 aliphatic heterocycles. The number of carbonyl (C=O) groups is 1. The molecule has 1 aromatic rings. The molecule has 0 amide bonds. The summed E-state index contributed by atoms with van der Waals surface area (Å²) in [7, 11) is 0. The maximum Gasteiger partial charge on any atom is 0.139 e. The molecule has 0 aromatic carbocycles. The largest absolute Gasteiger partial charge is 0.325 e. The molecule has 2 rings (SSSR count). The van der Waals surface area contributed by atoms with Gasteiger partial charge in [-0.2, -0.15) is 5.10 Å². The fraction of sp³-hybridized carbons (Fsp3) is 0.714. The van der Waals surface area contributed by atoms with Crippen LogP contribution in [0.15, 0.2) is 12.4 Å². The highest BCUT2D eigenvalue weighted by molar-refractivity contribution is 5.81. The minimum Gasteiger partial charge on any atom is -0.325 e. The maximum atomic E-state index is 12.1. The van der Waals surface area contributed by atoms with Crippen molar-refractivity contribution in [2.75, 3.05) is 0 Å². The third kappa shape index (κ3) is 3.42. The number of ketones is 1. The first kappa shape index (κ1) is 13.3. The Balaban J connectivity index is 1.87. The Kier molecular flexibility index (Phi) is 4.17. The van der Waals surface area contributed by atoms with E-state index in [4.69, 9.17) is 5.73 Å². The normalized spacial score (nSPS) is 18.8. The Labute approximate surface area is 109 Å². The third-order valence-corrected chi connectivity index (χ3v) is 3.81. The van der Waals surface area contributed by atoms with Crippen molar-refractivity contribution in [2.24, 2.45) is 5.73 Å². The summed E-state index contributed by atoms with van der Waals surface area (Å²) in [6.07, 6.45) is 10.3. The monoisotopic (exact) mass is 249 g/mol. The van der Waals surface area contributed by atoms with E-state index in [1.165, 1.54) is 6.42 Å². The van der Waals surface area contributed by atoms with Crippen molar-refractivity contribution < 1.29 is 4.79 Å². The van der Waals surface area contributed by atoms with Crippen LogP contribution in [-0.2, 0) is 17.8 Å². The molecule has 1 aromatic heterocycles. The molecule has 18 heavy (non-hydrogen) atoms. The predicted molar refractivity (Wildman–Crippen MR) is 71.2 cm³/mol. The van der Waals surface area contributed by atoms with Gasteiger partial charge in [0.2, 0.25) is 0 Å². The maximum absolute atomic E-state index is 12.1. The summed E-state index contributed by atoms with van der Waals surface area (Å²) < 4.78 is 1.85. The van der Waals surface area contributed by atoms with Crippen LogP contribution >= 0.6 is 0 Å². The molecule has 2 N–H and O–H groups in total. The van der Waals surface area contributed by atoms with Crippen LogP contribution in [0.1, 0.15) is 51.0 Å². The number of rotatable bonds is 5. The predicted octanol–water partition coefficient (Wildman–Crippen LogP) is 2.07. The average molecular weight is 249 g/mol. The van der Waals surface area contributed by atoms with Crippen molar-refractivity contribution in [3.8, 4) is 0 Å². The lowest BCUT2D eigenvalue weighted by Crippen LogP contribution is -2.43. The number of carbonyl (C=O) groups excluding carboxylic acids is 1. The lowest BCUT2D eigenvalue weighted by Gasteiger charge is -2.32. The number of aromatic nitrogens is 2. The first-order valence-corrected chi connectivity index (χ1v) is 6.93. The molecule has 0 atom stereocenters. The van der Waals surface area contributed by atoms with Gasteiger partial charge < -0.3 is 5.73 Å². The lowest BCUT2D eigenvalue weighted by atomic mass is 9.78. The fourth-order valence-electron chi connectivity index (χ4n) is 2.79. The highest BCUT2D eigenvalue weighted by Crippen LogP contribution is 2.29. The van der Waals surface area contributed by atoms with E-state index in [2.05, 4.69) is 5.10 Å². The molecular formula is C14H23N3O. The van der Waals surface area contributed by atoms with E-state index in [1.807, 2.05) is 17.8 Å². The second-order valence-electron chi connectivity index (χ2n) is 5.52. The second-order valence-corrected chi connectivity index (χ2v) is 5.52. The topological polar surface area (TPSA) is 60.9 Å². The Morgan fingerprint density at radius 2 is 2.17 bits per heavy atom. The van der Waals surface area contributed by atoms with Gasteiger partial charge in [-0.05, 0) is 25.3 Å². The molecule has 1 aliphatic carbocycles. The molecule has 1 fully saturated rings. The van der Waals surface area contributed by atoms with Crippen molar-refractivity contribution in [1.29, 1.82) is 0 Å². The first-order chi connectivity index (χ1) is 8.61. The van der Waals surface area contributed by atoms with Crippen molar-refractivity contribution >= 4 is 5.78 Å². The Hall–Kier alpha value is -1.16. The average Bonchev–Trinajstić information content (AvgIpc) is 2.76. The first-order valence-electron chi connectivity index (χ1n) is 6.93. The van der Waals surface area contributed by atoms with Crippen LogP contribution in [0.4, 0.5) is 0 Å². The molecule has 1 aliphatic rings. The molecule has 4 heteroatoms. The third-order valence-electron chi connectivity index (χ3n) is 3.81. The van der Waals surface area contributed by atoms with E-state index in [0.29, 0.717) is 12.8 Å². The van der Waals surface area contributed by atoms with Gasteiger partial charge in [0.15, 0.2) is 0 Å². The molecule has 100 valence electrons. The summed E-state index contributed by atoms with van der Waals surface area (Å²) >= 11 is 0. The zero-order valence-electron chi connectivity index (χ0n) is 11.2. The van der Waals surface area contributed by atoms with E-state index in [9.17, 15) is 4.79 Å². The van der Waals surface area contributed by atoms with Gasteiger partial charge in [-0.3, -0.25) is 9.48 Å². The van der Waals surface area contributed by atoms with Crippen molar-refractivity contribution in [2.45, 2.75) is 64.0 Å². The van der Waals surface area contributed by atoms with Crippen LogP contribution in [0.3, 0.4) is 0 Å². The molecule has 4 nitrogen and oxygen atoms in total. The Morgan fingerprint density at radius 1 is 1.44 bits per heavy atom. The van der Waals surface area contributed by atoms with Crippen LogP contribution < -0.4 is 5.73 Å². The number of hydrogen-bond acceptors (Lipinski definition) is 3. The van der Waals surface area contributed by atoms with Gasteiger partial charge in [0.1, 0.15) is 5.78 Å². The van der Waals surface area contributed by atoms with Crippen molar-refractivity contribution in [3.05, 3.63) is 18.0 Å². The molecule has 0 saturated heterocycles. The number of nitrogens with two attached hydrogens (primary N) is 1. The van der Waals surface area contributed by atoms with Crippen LogP contribution in [0, 0.1) is 0 Å². The summed E-state index contributed by atoms with van der Waals surface area (Å²) in [5.41, 5.74) is 7.06. The SMILES string of the molecule is CCn1cc(CC(=O)CC2(N)CCCCC2)cn1. The summed E-state index contributed by atoms with van der Waals surface area (Å²) in [5.74, 6) is 0.245. The van der Waals surface area contributed by atoms with E-state index < -0.39 is 0 Å². The zero-order chi connectivity index (χ0) is 13.0. The summed E-state index contributed by atoms with van der Waals surface area (Å²) in [5, 5.41) is 4.19. The Bertz CT molecular complexity index is 405. The van der Waals surface area contributed by atoms with Crippen LogP contribution in [0.5, 0.6) is 0 Å². The van der Waals surface area contributed by atoms with Crippen molar-refractivity contribution in [1.82, 2.24) is 9.78 Å². The highest BCUT2D eigenvalue weighted by Gasteiger charge is 2.29. The molecule has 1 heterocycles. The second kappa shape index (κ2) is 5.65. The van der Waals surface area contributed by atoms with Gasteiger partial charge >= 0.3 is 0 Å². The standard InChI is InChI=1S/C14H23N3O/c1-2-17-11-12(10-16-17)8-13(18)9-14(15)6-4-3-5-7-14/h10-11H,2-9,15H2,1H3. The van der Waals surface area contributed by atoms with Gasteiger partial charge in [-0.25, -0.2) is 0 Å². The minimum absolute atomic E-state index is 0.240. The quantitative estimate of drug-likeness (QED) is 0.869. The molecule has 1 saturated carbocycles.